The number of carbonyl (C=O) groups excluding carboxylic acids is 2. The predicted octanol–water partition coefficient (Wildman–Crippen LogP) is 0.909. The van der Waals surface area contributed by atoms with Gasteiger partial charge in [0.2, 0.25) is 11.8 Å². The number of hydrogen-bond donors (Lipinski definition) is 2. The summed E-state index contributed by atoms with van der Waals surface area (Å²) in [6.07, 6.45) is 3.73. The zero-order chi connectivity index (χ0) is 14.0. The van der Waals surface area contributed by atoms with Crippen LogP contribution < -0.4 is 11.1 Å². The standard InChI is InChI=1S/C14H25N3O2.ClH/c1-9(2)13(17-7-3-4-12(17)18)14(19)16-11(8-15)10-5-6-10;/h9-11,13H,3-8,15H2,1-2H3,(H,16,19);1H. The molecule has 1 heterocycles. The van der Waals surface area contributed by atoms with E-state index in [1.807, 2.05) is 13.8 Å². The Labute approximate surface area is 127 Å². The third kappa shape index (κ3) is 3.85. The van der Waals surface area contributed by atoms with Gasteiger partial charge in [0.25, 0.3) is 0 Å². The Bertz CT molecular complexity index is 358. The van der Waals surface area contributed by atoms with Crippen molar-refractivity contribution in [1.29, 1.82) is 0 Å². The fourth-order valence-corrected chi connectivity index (χ4v) is 2.90. The predicted molar refractivity (Wildman–Crippen MR) is 80.5 cm³/mol. The molecule has 1 saturated heterocycles. The zero-order valence-electron chi connectivity index (χ0n) is 12.3. The average molecular weight is 304 g/mol. The van der Waals surface area contributed by atoms with Crippen LogP contribution in [0.5, 0.6) is 0 Å². The molecule has 3 N–H and O–H groups in total. The summed E-state index contributed by atoms with van der Waals surface area (Å²) in [4.78, 5) is 26.0. The lowest BCUT2D eigenvalue weighted by Gasteiger charge is -2.31. The van der Waals surface area contributed by atoms with Gasteiger partial charge in [0.15, 0.2) is 0 Å². The maximum absolute atomic E-state index is 12.5. The zero-order valence-corrected chi connectivity index (χ0v) is 13.1. The molecule has 0 radical (unpaired) electrons. The van der Waals surface area contributed by atoms with Crippen molar-refractivity contribution in [2.45, 2.75) is 51.6 Å². The number of amides is 2. The molecule has 1 aliphatic carbocycles. The molecule has 6 heteroatoms. The van der Waals surface area contributed by atoms with Gasteiger partial charge in [-0.05, 0) is 31.1 Å². The SMILES string of the molecule is CC(C)C(C(=O)NC(CN)C1CC1)N1CCCC1=O.Cl. The molecule has 116 valence electrons. The van der Waals surface area contributed by atoms with E-state index in [9.17, 15) is 9.59 Å². The van der Waals surface area contributed by atoms with Crippen LogP contribution in [0.15, 0.2) is 0 Å². The van der Waals surface area contributed by atoms with Gasteiger partial charge in [0.1, 0.15) is 6.04 Å². The quantitative estimate of drug-likeness (QED) is 0.766. The highest BCUT2D eigenvalue weighted by Crippen LogP contribution is 2.32. The molecule has 0 aromatic heterocycles. The molecule has 5 nitrogen and oxygen atoms in total. The molecule has 0 aromatic carbocycles. The molecule has 2 atom stereocenters. The molecular weight excluding hydrogens is 278 g/mol. The van der Waals surface area contributed by atoms with Gasteiger partial charge in [-0.3, -0.25) is 9.59 Å². The first-order valence-corrected chi connectivity index (χ1v) is 7.34. The number of hydrogen-bond acceptors (Lipinski definition) is 3. The minimum Gasteiger partial charge on any atom is -0.350 e. The molecule has 1 aliphatic heterocycles. The van der Waals surface area contributed by atoms with Crippen LogP contribution in [-0.2, 0) is 9.59 Å². The van der Waals surface area contributed by atoms with Gasteiger partial charge >= 0.3 is 0 Å². The number of halogens is 1. The Morgan fingerprint density at radius 2 is 2.10 bits per heavy atom. The van der Waals surface area contributed by atoms with E-state index < -0.39 is 0 Å². The van der Waals surface area contributed by atoms with Gasteiger partial charge < -0.3 is 16.0 Å². The highest BCUT2D eigenvalue weighted by atomic mass is 35.5. The van der Waals surface area contributed by atoms with Gasteiger partial charge in [-0.15, -0.1) is 12.4 Å². The van der Waals surface area contributed by atoms with Crippen molar-refractivity contribution in [3.8, 4) is 0 Å². The molecule has 0 bridgehead atoms. The molecular formula is C14H26ClN3O2. The Balaban J connectivity index is 0.00000200. The Hall–Kier alpha value is -0.810. The molecule has 2 aliphatic rings. The lowest BCUT2D eigenvalue weighted by atomic mass is 10.0. The van der Waals surface area contributed by atoms with Crippen molar-refractivity contribution in [3.05, 3.63) is 0 Å². The number of carbonyl (C=O) groups is 2. The third-order valence-corrected chi connectivity index (χ3v) is 4.12. The summed E-state index contributed by atoms with van der Waals surface area (Å²) in [5, 5.41) is 3.05. The second kappa shape index (κ2) is 7.27. The van der Waals surface area contributed by atoms with Crippen LogP contribution in [0.4, 0.5) is 0 Å². The molecule has 2 fully saturated rings. The van der Waals surface area contributed by atoms with Gasteiger partial charge in [0.05, 0.1) is 0 Å². The van der Waals surface area contributed by atoms with Crippen LogP contribution in [0.3, 0.4) is 0 Å². The summed E-state index contributed by atoms with van der Waals surface area (Å²) >= 11 is 0. The third-order valence-electron chi connectivity index (χ3n) is 4.12. The first-order chi connectivity index (χ1) is 9.04. The molecule has 20 heavy (non-hydrogen) atoms. The van der Waals surface area contributed by atoms with E-state index >= 15 is 0 Å². The van der Waals surface area contributed by atoms with E-state index in [1.165, 1.54) is 0 Å². The number of nitrogens with zero attached hydrogens (tertiary/aromatic N) is 1. The number of likely N-dealkylation sites (tertiary alicyclic amines) is 1. The summed E-state index contributed by atoms with van der Waals surface area (Å²) in [6.45, 7) is 5.16. The minimum absolute atomic E-state index is 0. The van der Waals surface area contributed by atoms with E-state index in [2.05, 4.69) is 5.32 Å². The largest absolute Gasteiger partial charge is 0.350 e. The van der Waals surface area contributed by atoms with E-state index in [4.69, 9.17) is 5.73 Å². The molecule has 0 spiro atoms. The molecule has 2 unspecified atom stereocenters. The maximum Gasteiger partial charge on any atom is 0.243 e. The molecule has 2 rings (SSSR count). The fraction of sp³-hybridized carbons (Fsp3) is 0.857. The van der Waals surface area contributed by atoms with Crippen LogP contribution in [0.2, 0.25) is 0 Å². The minimum atomic E-state index is -0.345. The second-order valence-electron chi connectivity index (χ2n) is 6.07. The van der Waals surface area contributed by atoms with E-state index in [0.717, 1.165) is 19.3 Å². The molecule has 1 saturated carbocycles. The monoisotopic (exact) mass is 303 g/mol. The Kier molecular flexibility index (Phi) is 6.27. The normalized spacial score (nSPS) is 21.6. The summed E-state index contributed by atoms with van der Waals surface area (Å²) in [5.74, 6) is 0.730. The van der Waals surface area contributed by atoms with Crippen molar-refractivity contribution in [2.75, 3.05) is 13.1 Å². The summed E-state index contributed by atoms with van der Waals surface area (Å²) in [6, 6.07) is -0.269. The maximum atomic E-state index is 12.5. The van der Waals surface area contributed by atoms with E-state index in [-0.39, 0.29) is 42.2 Å². The topological polar surface area (TPSA) is 75.4 Å². The van der Waals surface area contributed by atoms with Crippen molar-refractivity contribution >= 4 is 24.2 Å². The van der Waals surface area contributed by atoms with Gasteiger partial charge in [0, 0.05) is 25.6 Å². The number of nitrogens with one attached hydrogen (secondary N) is 1. The van der Waals surface area contributed by atoms with Gasteiger partial charge in [-0.2, -0.15) is 0 Å². The molecule has 0 aromatic rings. The van der Waals surface area contributed by atoms with E-state index in [0.29, 0.717) is 25.4 Å². The summed E-state index contributed by atoms with van der Waals surface area (Å²) < 4.78 is 0. The van der Waals surface area contributed by atoms with Crippen LogP contribution in [0.25, 0.3) is 0 Å². The van der Waals surface area contributed by atoms with Crippen molar-refractivity contribution in [3.63, 3.8) is 0 Å². The van der Waals surface area contributed by atoms with Gasteiger partial charge in [-0.25, -0.2) is 0 Å². The Morgan fingerprint density at radius 3 is 2.50 bits per heavy atom. The average Bonchev–Trinajstić information content (AvgIpc) is 3.11. The smallest absolute Gasteiger partial charge is 0.243 e. The molecule has 2 amide bonds. The number of nitrogens with two attached hydrogens (primary N) is 1. The summed E-state index contributed by atoms with van der Waals surface area (Å²) in [5.41, 5.74) is 5.72. The lowest BCUT2D eigenvalue weighted by Crippen LogP contribution is -2.54. The Morgan fingerprint density at radius 1 is 1.45 bits per heavy atom. The second-order valence-corrected chi connectivity index (χ2v) is 6.07. The van der Waals surface area contributed by atoms with Crippen LogP contribution >= 0.6 is 12.4 Å². The van der Waals surface area contributed by atoms with Gasteiger partial charge in [-0.1, -0.05) is 13.8 Å². The van der Waals surface area contributed by atoms with Crippen LogP contribution in [-0.4, -0.2) is 41.9 Å². The first-order valence-electron chi connectivity index (χ1n) is 7.34. The summed E-state index contributed by atoms with van der Waals surface area (Å²) in [7, 11) is 0. The van der Waals surface area contributed by atoms with Crippen molar-refractivity contribution < 1.29 is 9.59 Å². The first kappa shape index (κ1) is 17.2. The van der Waals surface area contributed by atoms with Crippen LogP contribution in [0.1, 0.15) is 39.5 Å². The fourth-order valence-electron chi connectivity index (χ4n) is 2.90. The van der Waals surface area contributed by atoms with E-state index in [1.54, 1.807) is 4.90 Å². The lowest BCUT2D eigenvalue weighted by molar-refractivity contribution is -0.139. The van der Waals surface area contributed by atoms with Crippen molar-refractivity contribution in [2.24, 2.45) is 17.6 Å². The highest BCUT2D eigenvalue weighted by Gasteiger charge is 2.38. The van der Waals surface area contributed by atoms with Crippen LogP contribution in [0, 0.1) is 11.8 Å². The highest BCUT2D eigenvalue weighted by molar-refractivity contribution is 5.89. The van der Waals surface area contributed by atoms with Crippen molar-refractivity contribution in [1.82, 2.24) is 10.2 Å². The number of rotatable bonds is 6.